The van der Waals surface area contributed by atoms with E-state index in [-0.39, 0.29) is 12.4 Å². The van der Waals surface area contributed by atoms with E-state index >= 15 is 0 Å². The Morgan fingerprint density at radius 3 is 2.82 bits per heavy atom. The van der Waals surface area contributed by atoms with Gasteiger partial charge in [-0.3, -0.25) is 10.4 Å². The van der Waals surface area contributed by atoms with Gasteiger partial charge in [0.1, 0.15) is 11.5 Å². The maximum Gasteiger partial charge on any atom is 0.141 e. The lowest BCUT2D eigenvalue weighted by Crippen LogP contribution is -2.23. The van der Waals surface area contributed by atoms with Crippen LogP contribution in [0.3, 0.4) is 0 Å². The number of hydrogen-bond donors (Lipinski definition) is 3. The standard InChI is InChI=1S/C11H18N4O2/c1-15(4-6-17-7-5-16)9-2-3-10(11(12)13)14-8-9/h2-3,8,16H,4-7H2,1H3,(H3,12,13). The first-order valence-corrected chi connectivity index (χ1v) is 5.35. The van der Waals surface area contributed by atoms with Gasteiger partial charge in [0.25, 0.3) is 0 Å². The summed E-state index contributed by atoms with van der Waals surface area (Å²) in [6, 6.07) is 3.57. The van der Waals surface area contributed by atoms with E-state index in [1.807, 2.05) is 18.0 Å². The van der Waals surface area contributed by atoms with Crippen molar-refractivity contribution in [2.75, 3.05) is 38.3 Å². The lowest BCUT2D eigenvalue weighted by atomic mass is 10.3. The molecule has 0 atom stereocenters. The van der Waals surface area contributed by atoms with Crippen LogP contribution < -0.4 is 10.6 Å². The van der Waals surface area contributed by atoms with E-state index in [9.17, 15) is 0 Å². The molecule has 4 N–H and O–H groups in total. The van der Waals surface area contributed by atoms with E-state index in [1.54, 1.807) is 12.3 Å². The average molecular weight is 238 g/mol. The Hall–Kier alpha value is -1.66. The number of aliphatic hydroxyl groups is 1. The molecule has 0 aliphatic carbocycles. The van der Waals surface area contributed by atoms with Crippen molar-refractivity contribution >= 4 is 11.5 Å². The van der Waals surface area contributed by atoms with Gasteiger partial charge in [0.15, 0.2) is 0 Å². The Bertz CT molecular complexity index is 353. The molecule has 0 spiro atoms. The smallest absolute Gasteiger partial charge is 0.141 e. The van der Waals surface area contributed by atoms with E-state index in [4.69, 9.17) is 21.0 Å². The van der Waals surface area contributed by atoms with Crippen molar-refractivity contribution in [1.29, 1.82) is 5.41 Å². The molecular formula is C11H18N4O2. The van der Waals surface area contributed by atoms with E-state index in [2.05, 4.69) is 4.98 Å². The minimum atomic E-state index is -0.0366. The van der Waals surface area contributed by atoms with Crippen LogP contribution in [0.2, 0.25) is 0 Å². The first-order chi connectivity index (χ1) is 8.15. The quantitative estimate of drug-likeness (QED) is 0.348. The number of nitrogens with two attached hydrogens (primary N) is 1. The molecule has 0 radical (unpaired) electrons. The van der Waals surface area contributed by atoms with E-state index in [1.165, 1.54) is 0 Å². The Balaban J connectivity index is 2.46. The lowest BCUT2D eigenvalue weighted by Gasteiger charge is -2.18. The van der Waals surface area contributed by atoms with Gasteiger partial charge in [-0.2, -0.15) is 0 Å². The van der Waals surface area contributed by atoms with Crippen molar-refractivity contribution in [1.82, 2.24) is 4.98 Å². The zero-order chi connectivity index (χ0) is 12.7. The van der Waals surface area contributed by atoms with E-state index < -0.39 is 0 Å². The molecule has 0 aliphatic heterocycles. The Labute approximate surface area is 101 Å². The fraction of sp³-hybridized carbons (Fsp3) is 0.455. The van der Waals surface area contributed by atoms with Gasteiger partial charge in [-0.1, -0.05) is 0 Å². The highest BCUT2D eigenvalue weighted by Crippen LogP contribution is 2.10. The number of anilines is 1. The van der Waals surface area contributed by atoms with Gasteiger partial charge in [-0.05, 0) is 12.1 Å². The summed E-state index contributed by atoms with van der Waals surface area (Å²) in [7, 11) is 1.92. The topological polar surface area (TPSA) is 95.5 Å². The highest BCUT2D eigenvalue weighted by atomic mass is 16.5. The zero-order valence-corrected chi connectivity index (χ0v) is 9.89. The molecule has 0 aromatic carbocycles. The molecule has 0 saturated carbocycles. The molecule has 0 aliphatic rings. The van der Waals surface area contributed by atoms with Gasteiger partial charge in [0.2, 0.25) is 0 Å². The minimum Gasteiger partial charge on any atom is -0.394 e. The van der Waals surface area contributed by atoms with Crippen molar-refractivity contribution in [3.05, 3.63) is 24.0 Å². The third-order valence-electron chi connectivity index (χ3n) is 2.27. The van der Waals surface area contributed by atoms with Gasteiger partial charge in [-0.25, -0.2) is 0 Å². The van der Waals surface area contributed by atoms with Gasteiger partial charge in [0.05, 0.1) is 31.7 Å². The maximum atomic E-state index is 8.55. The van der Waals surface area contributed by atoms with E-state index in [0.717, 1.165) is 5.69 Å². The summed E-state index contributed by atoms with van der Waals surface area (Å²) < 4.78 is 5.17. The van der Waals surface area contributed by atoms with Crippen molar-refractivity contribution in [2.24, 2.45) is 5.73 Å². The summed E-state index contributed by atoms with van der Waals surface area (Å²) in [6.07, 6.45) is 1.67. The van der Waals surface area contributed by atoms with Crippen LogP contribution in [0.1, 0.15) is 5.69 Å². The molecule has 0 amide bonds. The summed E-state index contributed by atoms with van der Waals surface area (Å²) >= 11 is 0. The number of aromatic nitrogens is 1. The van der Waals surface area contributed by atoms with Gasteiger partial charge < -0.3 is 20.5 Å². The normalized spacial score (nSPS) is 10.2. The van der Waals surface area contributed by atoms with Crippen LogP contribution in [0.15, 0.2) is 18.3 Å². The number of nitrogen functional groups attached to an aromatic ring is 1. The number of hydrogen-bond acceptors (Lipinski definition) is 5. The van der Waals surface area contributed by atoms with Crippen LogP contribution in [0.25, 0.3) is 0 Å². The highest BCUT2D eigenvalue weighted by Gasteiger charge is 2.03. The Morgan fingerprint density at radius 1 is 1.53 bits per heavy atom. The zero-order valence-electron chi connectivity index (χ0n) is 9.89. The van der Waals surface area contributed by atoms with Crippen LogP contribution >= 0.6 is 0 Å². The second-order valence-corrected chi connectivity index (χ2v) is 3.57. The predicted molar refractivity (Wildman–Crippen MR) is 66.4 cm³/mol. The van der Waals surface area contributed by atoms with Crippen LogP contribution in [-0.4, -0.2) is 49.3 Å². The third-order valence-corrected chi connectivity index (χ3v) is 2.27. The molecule has 6 nitrogen and oxygen atoms in total. The van der Waals surface area contributed by atoms with Crippen LogP contribution in [0.5, 0.6) is 0 Å². The number of amidine groups is 1. The van der Waals surface area contributed by atoms with Crippen molar-refractivity contribution in [3.63, 3.8) is 0 Å². The second kappa shape index (κ2) is 6.82. The number of nitrogens with zero attached hydrogens (tertiary/aromatic N) is 2. The van der Waals surface area contributed by atoms with Crippen LogP contribution in [0.4, 0.5) is 5.69 Å². The number of likely N-dealkylation sites (N-methyl/N-ethyl adjacent to an activating group) is 1. The number of aliphatic hydroxyl groups excluding tert-OH is 1. The number of nitrogens with one attached hydrogen (secondary N) is 1. The Kier molecular flexibility index (Phi) is 5.38. The number of ether oxygens (including phenoxy) is 1. The predicted octanol–water partition coefficient (Wildman–Crippen LogP) is -0.189. The molecule has 1 aromatic rings. The molecule has 0 bridgehead atoms. The minimum absolute atomic E-state index is 0.0366. The van der Waals surface area contributed by atoms with Crippen molar-refractivity contribution < 1.29 is 9.84 Å². The molecular weight excluding hydrogens is 220 g/mol. The fourth-order valence-corrected chi connectivity index (χ4v) is 1.27. The number of pyridine rings is 1. The summed E-state index contributed by atoms with van der Waals surface area (Å²) in [6.45, 7) is 1.65. The molecule has 1 rings (SSSR count). The molecule has 0 saturated heterocycles. The molecule has 1 heterocycles. The van der Waals surface area contributed by atoms with Gasteiger partial charge >= 0.3 is 0 Å². The maximum absolute atomic E-state index is 8.55. The summed E-state index contributed by atoms with van der Waals surface area (Å²) in [4.78, 5) is 6.05. The molecule has 0 fully saturated rings. The second-order valence-electron chi connectivity index (χ2n) is 3.57. The first kappa shape index (κ1) is 13.4. The summed E-state index contributed by atoms with van der Waals surface area (Å²) in [5, 5.41) is 15.8. The van der Waals surface area contributed by atoms with Gasteiger partial charge in [-0.15, -0.1) is 0 Å². The van der Waals surface area contributed by atoms with Crippen LogP contribution in [0, 0.1) is 5.41 Å². The monoisotopic (exact) mass is 238 g/mol. The van der Waals surface area contributed by atoms with E-state index in [0.29, 0.717) is 25.5 Å². The largest absolute Gasteiger partial charge is 0.394 e. The van der Waals surface area contributed by atoms with Crippen molar-refractivity contribution in [2.45, 2.75) is 0 Å². The number of rotatable bonds is 7. The Morgan fingerprint density at radius 2 is 2.29 bits per heavy atom. The molecule has 1 aromatic heterocycles. The van der Waals surface area contributed by atoms with Crippen LogP contribution in [-0.2, 0) is 4.74 Å². The molecule has 0 unspecified atom stereocenters. The highest BCUT2D eigenvalue weighted by molar-refractivity contribution is 5.93. The lowest BCUT2D eigenvalue weighted by molar-refractivity contribution is 0.0971. The SMILES string of the molecule is CN(CCOCCO)c1ccc(C(=N)N)nc1. The van der Waals surface area contributed by atoms with Crippen molar-refractivity contribution in [3.8, 4) is 0 Å². The molecule has 17 heavy (non-hydrogen) atoms. The third kappa shape index (κ3) is 4.38. The fourth-order valence-electron chi connectivity index (χ4n) is 1.27. The molecule has 94 valence electrons. The van der Waals surface area contributed by atoms with Gasteiger partial charge in [0, 0.05) is 13.6 Å². The summed E-state index contributed by atoms with van der Waals surface area (Å²) in [5.74, 6) is -0.0366. The summed E-state index contributed by atoms with van der Waals surface area (Å²) in [5.41, 5.74) is 6.72. The average Bonchev–Trinajstić information content (AvgIpc) is 2.34. The molecule has 6 heteroatoms. The first-order valence-electron chi connectivity index (χ1n) is 5.35.